The summed E-state index contributed by atoms with van der Waals surface area (Å²) in [5, 5.41) is 95.9. The quantitative estimate of drug-likeness (QED) is 0.149. The summed E-state index contributed by atoms with van der Waals surface area (Å²) in [4.78, 5) is 0. The normalized spacial score (nSPS) is 58.9. The Balaban J connectivity index is 0.922. The second kappa shape index (κ2) is 17.4. The van der Waals surface area contributed by atoms with E-state index in [1.54, 1.807) is 0 Å². The summed E-state index contributed by atoms with van der Waals surface area (Å²) in [5.74, 6) is 3.11. The van der Waals surface area contributed by atoms with Crippen LogP contribution in [-0.4, -0.2) is 176 Å². The maximum Gasteiger partial charge on any atom is 0.187 e. The van der Waals surface area contributed by atoms with Crippen LogP contribution >= 0.6 is 0 Å². The van der Waals surface area contributed by atoms with Gasteiger partial charge in [-0.15, -0.1) is 0 Å². The summed E-state index contributed by atoms with van der Waals surface area (Å²) in [7, 11) is 0. The zero-order valence-corrected chi connectivity index (χ0v) is 36.8. The maximum absolute atomic E-state index is 11.6. The molecule has 0 radical (unpaired) electrons. The van der Waals surface area contributed by atoms with Crippen molar-refractivity contribution in [3.63, 3.8) is 0 Å². The van der Waals surface area contributed by atoms with Crippen LogP contribution in [0.5, 0.6) is 0 Å². The van der Waals surface area contributed by atoms with Gasteiger partial charge in [-0.3, -0.25) is 0 Å². The average Bonchev–Trinajstić information content (AvgIpc) is 3.70. The van der Waals surface area contributed by atoms with Crippen molar-refractivity contribution in [1.29, 1.82) is 0 Å². The van der Waals surface area contributed by atoms with Crippen LogP contribution in [-0.2, 0) is 37.9 Å². The van der Waals surface area contributed by atoms with Gasteiger partial charge < -0.3 is 83.9 Å². The highest BCUT2D eigenvalue weighted by molar-refractivity contribution is 5.15. The molecule has 27 atom stereocenters. The third kappa shape index (κ3) is 7.56. The van der Waals surface area contributed by atoms with E-state index in [0.717, 1.165) is 51.6 Å². The van der Waals surface area contributed by atoms with Gasteiger partial charge in [0.15, 0.2) is 24.7 Å². The fraction of sp³-hybridized carbons (Fsp3) is 1.00. The Hall–Kier alpha value is -0.680. The molecule has 0 amide bonds. The molecule has 9 rings (SSSR count). The zero-order valence-electron chi connectivity index (χ0n) is 36.8. The van der Waals surface area contributed by atoms with E-state index >= 15 is 0 Å². The molecule has 9 fully saturated rings. The van der Waals surface area contributed by atoms with Gasteiger partial charge in [0, 0.05) is 12.3 Å². The monoisotopic (exact) mass is 886 g/mol. The van der Waals surface area contributed by atoms with E-state index in [-0.39, 0.29) is 23.0 Å². The van der Waals surface area contributed by atoms with Gasteiger partial charge in [0.1, 0.15) is 67.1 Å². The summed E-state index contributed by atoms with van der Waals surface area (Å²) in [6, 6.07) is 0. The smallest absolute Gasteiger partial charge is 0.187 e. The third-order valence-electron chi connectivity index (χ3n) is 18.2. The number of hydrogen-bond donors (Lipinski definition) is 9. The van der Waals surface area contributed by atoms with Crippen molar-refractivity contribution in [1.82, 2.24) is 0 Å². The van der Waals surface area contributed by atoms with E-state index in [1.165, 1.54) is 19.8 Å². The van der Waals surface area contributed by atoms with Gasteiger partial charge >= 0.3 is 0 Å². The molecule has 5 heterocycles. The zero-order chi connectivity index (χ0) is 44.2. The number of ether oxygens (including phenoxy) is 8. The molecule has 0 aromatic carbocycles. The highest BCUT2D eigenvalue weighted by Crippen LogP contribution is 2.71. The molecule has 9 aliphatic rings. The second-order valence-electron chi connectivity index (χ2n) is 21.5. The predicted octanol–water partition coefficient (Wildman–Crippen LogP) is 0.294. The lowest BCUT2D eigenvalue weighted by Gasteiger charge is -2.61. The molecular formula is C45H74O17. The fourth-order valence-electron chi connectivity index (χ4n) is 14.6. The molecule has 5 saturated heterocycles. The molecule has 62 heavy (non-hydrogen) atoms. The lowest BCUT2D eigenvalue weighted by Crippen LogP contribution is -2.67. The molecule has 0 bridgehead atoms. The van der Waals surface area contributed by atoms with E-state index in [9.17, 15) is 46.0 Å². The van der Waals surface area contributed by atoms with Crippen LogP contribution in [0.4, 0.5) is 0 Å². The SMILES string of the molecule is C[C@@H]1CC[C@@]2(OC1)O[C@H]1C[C@H]3[C@@H]4CC[C@H]5C[C@@H](O[C@@H]6O[C@H](CO)[C@@H](O)[C@H](O[C@@H]7O[C@@H](C)[C@H](O)[C@@H](O)[C@H]7O)[C@H]6O[C@@H]6O[C@H](CO)[C@H](O)[C@H](O)[C@H]6O)CC[C@]5(C)[C@H]4CC[C@]3(C)[C@H]1[C@@H]2C. The van der Waals surface area contributed by atoms with Gasteiger partial charge in [0.05, 0.1) is 38.1 Å². The highest BCUT2D eigenvalue weighted by Gasteiger charge is 2.69. The molecule has 17 nitrogen and oxygen atoms in total. The lowest BCUT2D eigenvalue weighted by atomic mass is 9.44. The van der Waals surface area contributed by atoms with Crippen molar-refractivity contribution in [3.8, 4) is 0 Å². The topological polar surface area (TPSA) is 256 Å². The van der Waals surface area contributed by atoms with Crippen LogP contribution in [0.3, 0.4) is 0 Å². The predicted molar refractivity (Wildman–Crippen MR) is 214 cm³/mol. The molecule has 9 N–H and O–H groups in total. The van der Waals surface area contributed by atoms with E-state index in [1.807, 2.05) is 0 Å². The minimum absolute atomic E-state index is 0.0871. The number of aliphatic hydroxyl groups is 9. The van der Waals surface area contributed by atoms with Crippen molar-refractivity contribution in [2.75, 3.05) is 19.8 Å². The van der Waals surface area contributed by atoms with Crippen LogP contribution in [0.1, 0.15) is 98.8 Å². The van der Waals surface area contributed by atoms with Crippen molar-refractivity contribution >= 4 is 0 Å². The number of aliphatic hydroxyl groups excluding tert-OH is 9. The second-order valence-corrected chi connectivity index (χ2v) is 21.5. The molecule has 5 aliphatic heterocycles. The minimum atomic E-state index is -1.82. The molecular weight excluding hydrogens is 812 g/mol. The maximum atomic E-state index is 11.6. The Morgan fingerprint density at radius 3 is 1.92 bits per heavy atom. The van der Waals surface area contributed by atoms with Crippen molar-refractivity contribution in [2.24, 2.45) is 52.3 Å². The Labute approximate surface area is 364 Å². The Morgan fingerprint density at radius 1 is 0.581 bits per heavy atom. The summed E-state index contributed by atoms with van der Waals surface area (Å²) in [5.41, 5.74) is 0.295. The van der Waals surface area contributed by atoms with Crippen molar-refractivity contribution in [3.05, 3.63) is 0 Å². The standard InChI is InChI=1S/C45H74O17/c1-19-8-13-45(55-18-19)20(2)30-27(62-45)15-26-24-7-6-22-14-23(9-11-43(22,4)25(24)10-12-44(26,30)5)57-42-39(61-41-37(54)35(52)32(49)28(16-46)58-41)38(33(50)29(17-47)59-42)60-40-36(53)34(51)31(48)21(3)56-40/h19-42,46-54H,6-18H2,1-5H3/t19-,20+,21+,22+,23+,24-,25+,26+,27+,28-,29-,30+,31+,32+,33-,34-,35+,36-,37-,38+,39-,40+,41+,42-,43+,44+,45-/m1/s1. The van der Waals surface area contributed by atoms with E-state index in [2.05, 4.69) is 27.7 Å². The minimum Gasteiger partial charge on any atom is -0.394 e. The molecule has 1 spiro atoms. The number of fused-ring (bicyclic) bond motifs is 7. The highest BCUT2D eigenvalue weighted by atomic mass is 16.8. The van der Waals surface area contributed by atoms with Crippen molar-refractivity contribution < 1.29 is 83.9 Å². The van der Waals surface area contributed by atoms with Gasteiger partial charge in [-0.05, 0) is 111 Å². The van der Waals surface area contributed by atoms with Crippen LogP contribution in [0.2, 0.25) is 0 Å². The first-order chi connectivity index (χ1) is 29.4. The van der Waals surface area contributed by atoms with Gasteiger partial charge in [-0.25, -0.2) is 0 Å². The average molecular weight is 887 g/mol. The van der Waals surface area contributed by atoms with Crippen LogP contribution in [0.25, 0.3) is 0 Å². The Bertz CT molecular complexity index is 1550. The van der Waals surface area contributed by atoms with Gasteiger partial charge in [0.25, 0.3) is 0 Å². The van der Waals surface area contributed by atoms with Crippen LogP contribution in [0, 0.1) is 52.3 Å². The first-order valence-electron chi connectivity index (χ1n) is 23.7. The first-order valence-corrected chi connectivity index (χ1v) is 23.7. The number of rotatable bonds is 8. The van der Waals surface area contributed by atoms with Gasteiger partial charge in [-0.2, -0.15) is 0 Å². The van der Waals surface area contributed by atoms with E-state index < -0.39 is 111 Å². The van der Waals surface area contributed by atoms with Gasteiger partial charge in [0.2, 0.25) is 0 Å². The third-order valence-corrected chi connectivity index (χ3v) is 18.2. The molecule has 356 valence electrons. The molecule has 4 aliphatic carbocycles. The van der Waals surface area contributed by atoms with E-state index in [4.69, 9.17) is 37.9 Å². The summed E-state index contributed by atoms with van der Waals surface area (Å²) < 4.78 is 50.4. The van der Waals surface area contributed by atoms with Crippen LogP contribution < -0.4 is 0 Å². The summed E-state index contributed by atoms with van der Waals surface area (Å²) in [6.45, 7) is 10.5. The molecule has 0 unspecified atom stereocenters. The molecule has 0 aromatic rings. The summed E-state index contributed by atoms with van der Waals surface area (Å²) >= 11 is 0. The Kier molecular flexibility index (Phi) is 13.1. The summed E-state index contributed by atoms with van der Waals surface area (Å²) in [6.07, 6.45) is -13.0. The number of hydrogen-bond acceptors (Lipinski definition) is 17. The van der Waals surface area contributed by atoms with Crippen molar-refractivity contribution in [2.45, 2.75) is 209 Å². The first kappa shape index (κ1) is 46.4. The fourth-order valence-corrected chi connectivity index (χ4v) is 14.6. The molecule has 17 heteroatoms. The molecule has 4 saturated carbocycles. The van der Waals surface area contributed by atoms with Crippen LogP contribution in [0.15, 0.2) is 0 Å². The van der Waals surface area contributed by atoms with Gasteiger partial charge in [-0.1, -0.05) is 27.7 Å². The Morgan fingerprint density at radius 2 is 1.23 bits per heavy atom. The molecule has 0 aromatic heterocycles. The lowest BCUT2D eigenvalue weighted by molar-refractivity contribution is -0.395. The van der Waals surface area contributed by atoms with E-state index in [0.29, 0.717) is 47.8 Å². The largest absolute Gasteiger partial charge is 0.394 e.